The highest BCUT2D eigenvalue weighted by molar-refractivity contribution is 5.62. The van der Waals surface area contributed by atoms with E-state index < -0.39 is 0 Å². The molecule has 0 radical (unpaired) electrons. The van der Waals surface area contributed by atoms with Gasteiger partial charge in [0.2, 0.25) is 0 Å². The number of hydrogen-bond donors (Lipinski definition) is 1. The molecule has 0 spiro atoms. The van der Waals surface area contributed by atoms with Crippen LogP contribution < -0.4 is 5.56 Å². The maximum absolute atomic E-state index is 12.3. The second kappa shape index (κ2) is 5.76. The van der Waals surface area contributed by atoms with Crippen LogP contribution in [0.1, 0.15) is 32.6 Å². The highest BCUT2D eigenvalue weighted by Gasteiger charge is 2.14. The molecule has 0 amide bonds. The van der Waals surface area contributed by atoms with Crippen LogP contribution in [0.2, 0.25) is 0 Å². The second-order valence-corrected chi connectivity index (χ2v) is 4.84. The van der Waals surface area contributed by atoms with Crippen LogP contribution in [0.3, 0.4) is 0 Å². The van der Waals surface area contributed by atoms with Gasteiger partial charge < -0.3 is 4.74 Å². The highest BCUT2D eigenvalue weighted by atomic mass is 16.5. The molecule has 0 bridgehead atoms. The van der Waals surface area contributed by atoms with Gasteiger partial charge in [-0.2, -0.15) is 5.26 Å². The summed E-state index contributed by atoms with van der Waals surface area (Å²) in [6.45, 7) is 5.67. The van der Waals surface area contributed by atoms with Gasteiger partial charge in [0.25, 0.3) is 5.56 Å². The summed E-state index contributed by atoms with van der Waals surface area (Å²) in [5.41, 5.74) is 1.78. The van der Waals surface area contributed by atoms with Gasteiger partial charge in [-0.3, -0.25) is 9.89 Å². The number of benzene rings is 1. The van der Waals surface area contributed by atoms with Crippen LogP contribution in [-0.4, -0.2) is 15.9 Å². The van der Waals surface area contributed by atoms with Gasteiger partial charge in [0.15, 0.2) is 0 Å². The molecule has 0 aliphatic rings. The van der Waals surface area contributed by atoms with E-state index >= 15 is 0 Å². The number of hydrogen-bond acceptors (Lipinski definition) is 3. The van der Waals surface area contributed by atoms with Crippen molar-refractivity contribution in [1.29, 1.82) is 5.26 Å². The summed E-state index contributed by atoms with van der Waals surface area (Å²) in [7, 11) is 0. The molecule has 1 aromatic carbocycles. The van der Waals surface area contributed by atoms with Crippen LogP contribution in [0.25, 0.3) is 11.1 Å². The Hall–Kier alpha value is -2.32. The molecule has 0 saturated carbocycles. The summed E-state index contributed by atoms with van der Waals surface area (Å²) < 4.78 is 7.04. The monoisotopic (exact) mass is 271 g/mol. The first-order chi connectivity index (χ1) is 9.52. The van der Waals surface area contributed by atoms with Gasteiger partial charge in [0, 0.05) is 6.20 Å². The Kier molecular flexibility index (Phi) is 4.06. The Morgan fingerprint density at radius 1 is 1.25 bits per heavy atom. The summed E-state index contributed by atoms with van der Waals surface area (Å²) in [5, 5.41) is 11.7. The van der Waals surface area contributed by atoms with E-state index in [1.165, 1.54) is 4.68 Å². The van der Waals surface area contributed by atoms with Gasteiger partial charge in [0.05, 0.1) is 23.3 Å². The number of aromatic amines is 1. The average molecular weight is 271 g/mol. The minimum absolute atomic E-state index is 0.0403. The maximum atomic E-state index is 12.3. The summed E-state index contributed by atoms with van der Waals surface area (Å²) in [6, 6.07) is 8.97. The lowest BCUT2D eigenvalue weighted by Gasteiger charge is -2.16. The Bertz CT molecular complexity index is 674. The zero-order valence-corrected chi connectivity index (χ0v) is 11.8. The van der Waals surface area contributed by atoms with E-state index in [2.05, 4.69) is 11.2 Å². The molecule has 2 aromatic rings. The number of ether oxygens (including phenoxy) is 1. The smallest absolute Gasteiger partial charge is 0.276 e. The van der Waals surface area contributed by atoms with E-state index in [-0.39, 0.29) is 17.9 Å². The van der Waals surface area contributed by atoms with Crippen LogP contribution in [0.15, 0.2) is 35.3 Å². The predicted molar refractivity (Wildman–Crippen MR) is 76.1 cm³/mol. The minimum atomic E-state index is -0.352. The van der Waals surface area contributed by atoms with E-state index in [0.29, 0.717) is 11.1 Å². The van der Waals surface area contributed by atoms with Gasteiger partial charge in [-0.25, -0.2) is 4.68 Å². The zero-order chi connectivity index (χ0) is 14.7. The Balaban J connectivity index is 2.33. The molecule has 0 fully saturated rings. The van der Waals surface area contributed by atoms with Crippen LogP contribution in [0, 0.1) is 11.3 Å². The van der Waals surface area contributed by atoms with Gasteiger partial charge in [-0.1, -0.05) is 12.1 Å². The number of nitrogens with zero attached hydrogens (tertiary/aromatic N) is 2. The summed E-state index contributed by atoms with van der Waals surface area (Å²) >= 11 is 0. The molecule has 1 N–H and O–H groups in total. The third-order valence-electron chi connectivity index (χ3n) is 2.95. The first-order valence-electron chi connectivity index (χ1n) is 6.49. The molecular weight excluding hydrogens is 254 g/mol. The van der Waals surface area contributed by atoms with Crippen LogP contribution in [-0.2, 0) is 4.74 Å². The van der Waals surface area contributed by atoms with Crippen LogP contribution in [0.5, 0.6) is 0 Å². The quantitative estimate of drug-likeness (QED) is 0.929. The van der Waals surface area contributed by atoms with E-state index in [4.69, 9.17) is 10.00 Å². The van der Waals surface area contributed by atoms with E-state index in [0.717, 1.165) is 5.56 Å². The fraction of sp³-hybridized carbons (Fsp3) is 0.333. The molecule has 0 saturated heterocycles. The number of aromatic nitrogens is 2. The SMILES string of the molecule is CC(C)OC(C)n1[nH]cc(-c2ccc(C#N)cc2)c1=O. The first kappa shape index (κ1) is 14.1. The van der Waals surface area contributed by atoms with Gasteiger partial charge >= 0.3 is 0 Å². The van der Waals surface area contributed by atoms with Gasteiger partial charge in [-0.15, -0.1) is 0 Å². The molecule has 5 heteroatoms. The molecule has 1 atom stereocenters. The molecule has 0 aliphatic heterocycles. The normalized spacial score (nSPS) is 12.3. The number of nitriles is 1. The van der Waals surface area contributed by atoms with Crippen molar-refractivity contribution in [2.45, 2.75) is 33.1 Å². The molecule has 1 heterocycles. The van der Waals surface area contributed by atoms with Gasteiger partial charge in [0.1, 0.15) is 6.23 Å². The van der Waals surface area contributed by atoms with Crippen molar-refractivity contribution in [3.8, 4) is 17.2 Å². The third kappa shape index (κ3) is 2.81. The maximum Gasteiger partial charge on any atom is 0.276 e. The fourth-order valence-electron chi connectivity index (χ4n) is 2.04. The summed E-state index contributed by atoms with van der Waals surface area (Å²) in [4.78, 5) is 12.3. The van der Waals surface area contributed by atoms with Crippen LogP contribution >= 0.6 is 0 Å². The topological polar surface area (TPSA) is 70.8 Å². The lowest BCUT2D eigenvalue weighted by molar-refractivity contribution is -0.0337. The predicted octanol–water partition coefficient (Wildman–Crippen LogP) is 2.66. The fourth-order valence-corrected chi connectivity index (χ4v) is 2.04. The van der Waals surface area contributed by atoms with Crippen molar-refractivity contribution in [3.63, 3.8) is 0 Å². The second-order valence-electron chi connectivity index (χ2n) is 4.84. The molecule has 2 rings (SSSR count). The Morgan fingerprint density at radius 3 is 2.45 bits per heavy atom. The zero-order valence-electron chi connectivity index (χ0n) is 11.8. The highest BCUT2D eigenvalue weighted by Crippen LogP contribution is 2.17. The Morgan fingerprint density at radius 2 is 1.90 bits per heavy atom. The molecule has 20 heavy (non-hydrogen) atoms. The van der Waals surface area contributed by atoms with Crippen molar-refractivity contribution in [1.82, 2.24) is 9.78 Å². The molecule has 5 nitrogen and oxygen atoms in total. The number of rotatable bonds is 4. The van der Waals surface area contributed by atoms with Gasteiger partial charge in [-0.05, 0) is 38.5 Å². The van der Waals surface area contributed by atoms with E-state index in [1.807, 2.05) is 20.8 Å². The van der Waals surface area contributed by atoms with Crippen LogP contribution in [0.4, 0.5) is 0 Å². The van der Waals surface area contributed by atoms with Crippen molar-refractivity contribution < 1.29 is 4.74 Å². The molecule has 1 aromatic heterocycles. The summed E-state index contributed by atoms with van der Waals surface area (Å²) in [6.07, 6.45) is 1.34. The average Bonchev–Trinajstić information content (AvgIpc) is 2.80. The summed E-state index contributed by atoms with van der Waals surface area (Å²) in [5.74, 6) is 0. The van der Waals surface area contributed by atoms with E-state index in [9.17, 15) is 4.79 Å². The largest absolute Gasteiger partial charge is 0.354 e. The minimum Gasteiger partial charge on any atom is -0.354 e. The molecule has 0 aliphatic carbocycles. The number of H-pyrrole nitrogens is 1. The number of nitrogens with one attached hydrogen (secondary N) is 1. The van der Waals surface area contributed by atoms with Crippen molar-refractivity contribution in [2.24, 2.45) is 0 Å². The first-order valence-corrected chi connectivity index (χ1v) is 6.49. The van der Waals surface area contributed by atoms with Crippen molar-refractivity contribution in [2.75, 3.05) is 0 Å². The standard InChI is InChI=1S/C15H17N3O2/c1-10(2)20-11(3)18-15(19)14(9-17-18)13-6-4-12(8-16)5-7-13/h4-7,9-11,17H,1-3H3. The molecule has 1 unspecified atom stereocenters. The molecular formula is C15H17N3O2. The lowest BCUT2D eigenvalue weighted by Crippen LogP contribution is -2.25. The molecule has 104 valence electrons. The van der Waals surface area contributed by atoms with E-state index in [1.54, 1.807) is 30.5 Å². The Labute approximate surface area is 117 Å². The third-order valence-corrected chi connectivity index (χ3v) is 2.95. The van der Waals surface area contributed by atoms with Crippen molar-refractivity contribution in [3.05, 3.63) is 46.4 Å². The lowest BCUT2D eigenvalue weighted by atomic mass is 10.1. The van der Waals surface area contributed by atoms with Crippen molar-refractivity contribution >= 4 is 0 Å².